The normalized spacial score (nSPS) is 33.1. The third kappa shape index (κ3) is 2.57. The third-order valence-corrected chi connectivity index (χ3v) is 5.28. The molecule has 0 radical (unpaired) electrons. The minimum Gasteiger partial charge on any atom is -0.340 e. The lowest BCUT2D eigenvalue weighted by atomic mass is 9.80. The zero-order chi connectivity index (χ0) is 15.3. The topological polar surface area (TPSA) is 49.4 Å². The Bertz CT molecular complexity index is 423. The molecule has 0 aromatic rings. The van der Waals surface area contributed by atoms with Gasteiger partial charge in [0.15, 0.2) is 0 Å². The van der Waals surface area contributed by atoms with Crippen LogP contribution in [0.3, 0.4) is 0 Å². The minimum absolute atomic E-state index is 0.0138. The molecule has 0 spiro atoms. The molecule has 1 heterocycles. The molecule has 2 amide bonds. The van der Waals surface area contributed by atoms with Crippen LogP contribution in [-0.4, -0.2) is 34.8 Å². The summed E-state index contributed by atoms with van der Waals surface area (Å²) < 4.78 is 0. The van der Waals surface area contributed by atoms with Crippen LogP contribution in [0, 0.1) is 17.3 Å². The van der Waals surface area contributed by atoms with Gasteiger partial charge in [0.05, 0.1) is 0 Å². The zero-order valence-electron chi connectivity index (χ0n) is 13.6. The average Bonchev–Trinajstić information content (AvgIpc) is 3.15. The van der Waals surface area contributed by atoms with Crippen molar-refractivity contribution in [2.45, 2.75) is 66.0 Å². The largest absolute Gasteiger partial charge is 0.340 e. The van der Waals surface area contributed by atoms with Crippen molar-refractivity contribution in [3.63, 3.8) is 0 Å². The van der Waals surface area contributed by atoms with Crippen molar-refractivity contribution in [1.82, 2.24) is 10.2 Å². The molecule has 3 atom stereocenters. The molecule has 114 valence electrons. The zero-order valence-corrected chi connectivity index (χ0v) is 13.6. The van der Waals surface area contributed by atoms with Crippen molar-refractivity contribution < 1.29 is 9.59 Å². The first-order valence-corrected chi connectivity index (χ1v) is 7.70. The summed E-state index contributed by atoms with van der Waals surface area (Å²) in [4.78, 5) is 26.9. The molecule has 0 aromatic heterocycles. The smallest absolute Gasteiger partial charge is 0.249 e. The summed E-state index contributed by atoms with van der Waals surface area (Å²) >= 11 is 0. The lowest BCUT2D eigenvalue weighted by Crippen LogP contribution is -2.70. The van der Waals surface area contributed by atoms with Crippen LogP contribution in [0.1, 0.15) is 54.4 Å². The SMILES string of the molecule is CC1C(=O)NC(C)(C2CC2)C(=O)N1CC(C)C(C)(C)C. The molecule has 4 nitrogen and oxygen atoms in total. The molecule has 1 saturated carbocycles. The van der Waals surface area contributed by atoms with Gasteiger partial charge in [-0.05, 0) is 43.9 Å². The van der Waals surface area contributed by atoms with Crippen molar-refractivity contribution in [3.8, 4) is 0 Å². The minimum atomic E-state index is -0.679. The molecule has 1 N–H and O–H groups in total. The number of amides is 2. The van der Waals surface area contributed by atoms with Gasteiger partial charge in [0.1, 0.15) is 11.6 Å². The van der Waals surface area contributed by atoms with E-state index in [1.165, 1.54) is 0 Å². The molecule has 1 aliphatic heterocycles. The standard InChI is InChI=1S/C16H28N2O2/c1-10(15(3,4)5)9-18-11(2)13(19)17-16(6,14(18)20)12-7-8-12/h10-12H,7-9H2,1-6H3,(H,17,19). The number of piperazine rings is 1. The molecular weight excluding hydrogens is 252 g/mol. The molecule has 0 bridgehead atoms. The average molecular weight is 280 g/mol. The summed E-state index contributed by atoms with van der Waals surface area (Å²) in [6, 6.07) is -0.362. The first-order valence-electron chi connectivity index (χ1n) is 7.70. The van der Waals surface area contributed by atoms with E-state index in [4.69, 9.17) is 0 Å². The fourth-order valence-corrected chi connectivity index (χ4v) is 2.78. The second kappa shape index (κ2) is 4.74. The number of nitrogens with zero attached hydrogens (tertiary/aromatic N) is 1. The molecule has 4 heteroatoms. The molecule has 20 heavy (non-hydrogen) atoms. The van der Waals surface area contributed by atoms with Crippen molar-refractivity contribution in [2.75, 3.05) is 6.54 Å². The van der Waals surface area contributed by atoms with Crippen molar-refractivity contribution in [2.24, 2.45) is 17.3 Å². The van der Waals surface area contributed by atoms with Crippen LogP contribution in [0.25, 0.3) is 0 Å². The first kappa shape index (κ1) is 15.3. The Morgan fingerprint density at radius 1 is 1.35 bits per heavy atom. The Kier molecular flexibility index (Phi) is 3.64. The van der Waals surface area contributed by atoms with Crippen LogP contribution in [-0.2, 0) is 9.59 Å². The van der Waals surface area contributed by atoms with Gasteiger partial charge in [0.2, 0.25) is 11.8 Å². The highest BCUT2D eigenvalue weighted by atomic mass is 16.2. The monoisotopic (exact) mass is 280 g/mol. The van der Waals surface area contributed by atoms with Gasteiger partial charge in [-0.25, -0.2) is 0 Å². The van der Waals surface area contributed by atoms with Crippen LogP contribution in [0.4, 0.5) is 0 Å². The van der Waals surface area contributed by atoms with Gasteiger partial charge in [-0.2, -0.15) is 0 Å². The summed E-state index contributed by atoms with van der Waals surface area (Å²) in [5.41, 5.74) is -0.550. The number of carbonyl (C=O) groups is 2. The van der Waals surface area contributed by atoms with Crippen LogP contribution in [0.15, 0.2) is 0 Å². The van der Waals surface area contributed by atoms with E-state index in [2.05, 4.69) is 33.0 Å². The van der Waals surface area contributed by atoms with E-state index in [1.54, 1.807) is 4.90 Å². The first-order chi connectivity index (χ1) is 9.07. The highest BCUT2D eigenvalue weighted by molar-refractivity contribution is 5.99. The van der Waals surface area contributed by atoms with Crippen molar-refractivity contribution in [3.05, 3.63) is 0 Å². The maximum atomic E-state index is 12.9. The van der Waals surface area contributed by atoms with E-state index >= 15 is 0 Å². The summed E-state index contributed by atoms with van der Waals surface area (Å²) in [5.74, 6) is 0.755. The van der Waals surface area contributed by atoms with Crippen LogP contribution in [0.2, 0.25) is 0 Å². The molecule has 3 unspecified atom stereocenters. The molecule has 2 fully saturated rings. The predicted octanol–water partition coefficient (Wildman–Crippen LogP) is 2.18. The second-order valence-corrected chi connectivity index (χ2v) is 7.87. The lowest BCUT2D eigenvalue weighted by Gasteiger charge is -2.45. The number of hydrogen-bond donors (Lipinski definition) is 1. The number of hydrogen-bond acceptors (Lipinski definition) is 2. The number of nitrogens with one attached hydrogen (secondary N) is 1. The van der Waals surface area contributed by atoms with Gasteiger partial charge < -0.3 is 10.2 Å². The molecule has 1 aliphatic carbocycles. The molecule has 0 aromatic carbocycles. The molecule has 1 saturated heterocycles. The highest BCUT2D eigenvalue weighted by Crippen LogP contribution is 2.42. The van der Waals surface area contributed by atoms with E-state index in [-0.39, 0.29) is 23.3 Å². The van der Waals surface area contributed by atoms with Crippen LogP contribution in [0.5, 0.6) is 0 Å². The molecular formula is C16H28N2O2. The van der Waals surface area contributed by atoms with E-state index in [1.807, 2.05) is 13.8 Å². The second-order valence-electron chi connectivity index (χ2n) is 7.87. The van der Waals surface area contributed by atoms with Gasteiger partial charge >= 0.3 is 0 Å². The maximum Gasteiger partial charge on any atom is 0.249 e. The predicted molar refractivity (Wildman–Crippen MR) is 79.1 cm³/mol. The Balaban J connectivity index is 2.20. The molecule has 2 rings (SSSR count). The lowest BCUT2D eigenvalue weighted by molar-refractivity contribution is -0.155. The summed E-state index contributed by atoms with van der Waals surface area (Å²) in [5, 5.41) is 2.97. The van der Waals surface area contributed by atoms with E-state index in [9.17, 15) is 9.59 Å². The van der Waals surface area contributed by atoms with Gasteiger partial charge in [-0.15, -0.1) is 0 Å². The van der Waals surface area contributed by atoms with E-state index in [0.29, 0.717) is 18.4 Å². The number of carbonyl (C=O) groups excluding carboxylic acids is 2. The van der Waals surface area contributed by atoms with Crippen molar-refractivity contribution in [1.29, 1.82) is 0 Å². The van der Waals surface area contributed by atoms with Gasteiger partial charge in [-0.3, -0.25) is 9.59 Å². The van der Waals surface area contributed by atoms with E-state index in [0.717, 1.165) is 12.8 Å². The van der Waals surface area contributed by atoms with Gasteiger partial charge in [0.25, 0.3) is 0 Å². The Labute approximate surface area is 122 Å². The van der Waals surface area contributed by atoms with Gasteiger partial charge in [0, 0.05) is 6.54 Å². The Morgan fingerprint density at radius 3 is 2.35 bits per heavy atom. The fourth-order valence-electron chi connectivity index (χ4n) is 2.78. The maximum absolute atomic E-state index is 12.9. The summed E-state index contributed by atoms with van der Waals surface area (Å²) in [7, 11) is 0. The van der Waals surface area contributed by atoms with Gasteiger partial charge in [-0.1, -0.05) is 27.7 Å². The van der Waals surface area contributed by atoms with Crippen molar-refractivity contribution >= 4 is 11.8 Å². The summed E-state index contributed by atoms with van der Waals surface area (Å²) in [6.07, 6.45) is 2.08. The molecule has 2 aliphatic rings. The van der Waals surface area contributed by atoms with Crippen LogP contribution < -0.4 is 5.32 Å². The van der Waals surface area contributed by atoms with E-state index < -0.39 is 5.54 Å². The Hall–Kier alpha value is -1.06. The Morgan fingerprint density at radius 2 is 1.90 bits per heavy atom. The highest BCUT2D eigenvalue weighted by Gasteiger charge is 2.54. The van der Waals surface area contributed by atoms with Crippen LogP contribution >= 0.6 is 0 Å². The summed E-state index contributed by atoms with van der Waals surface area (Å²) in [6.45, 7) is 13.1. The quantitative estimate of drug-likeness (QED) is 0.861. The fraction of sp³-hybridized carbons (Fsp3) is 0.875. The third-order valence-electron chi connectivity index (χ3n) is 5.28. The number of rotatable bonds is 3.